The molecule has 5 nitrogen and oxygen atoms in total. The topological polar surface area (TPSA) is 77.2 Å². The highest BCUT2D eigenvalue weighted by atomic mass is 32.1. The van der Waals surface area contributed by atoms with Crippen LogP contribution in [-0.2, 0) is 0 Å². The first-order valence-electron chi connectivity index (χ1n) is 6.27. The fraction of sp³-hybridized carbons (Fsp3) is 0.0667. The van der Waals surface area contributed by atoms with Gasteiger partial charge in [0.05, 0.1) is 17.3 Å². The lowest BCUT2D eigenvalue weighted by molar-refractivity contribution is 0.102. The first-order valence-corrected chi connectivity index (χ1v) is 7.09. The summed E-state index contributed by atoms with van der Waals surface area (Å²) < 4.78 is 6.01. The number of hydrogen-bond donors (Lipinski definition) is 2. The third kappa shape index (κ3) is 2.80. The number of methoxy groups -OCH3 is 1. The van der Waals surface area contributed by atoms with E-state index in [-0.39, 0.29) is 5.91 Å². The van der Waals surface area contributed by atoms with Crippen molar-refractivity contribution in [2.45, 2.75) is 0 Å². The largest absolute Gasteiger partial charge is 0.497 e. The van der Waals surface area contributed by atoms with Crippen LogP contribution in [0.2, 0.25) is 0 Å². The van der Waals surface area contributed by atoms with E-state index in [1.165, 1.54) is 11.3 Å². The Morgan fingerprint density at radius 1 is 1.24 bits per heavy atom. The molecule has 0 aliphatic heterocycles. The molecule has 3 rings (SSSR count). The number of hydrogen-bond acceptors (Lipinski definition) is 5. The van der Waals surface area contributed by atoms with Crippen molar-refractivity contribution >= 4 is 38.3 Å². The molecule has 0 unspecified atom stereocenters. The van der Waals surface area contributed by atoms with Gasteiger partial charge >= 0.3 is 0 Å². The highest BCUT2D eigenvalue weighted by molar-refractivity contribution is 7.22. The first kappa shape index (κ1) is 13.4. The second kappa shape index (κ2) is 5.41. The number of nitrogens with zero attached hydrogens (tertiary/aromatic N) is 1. The van der Waals surface area contributed by atoms with Crippen molar-refractivity contribution in [3.63, 3.8) is 0 Å². The summed E-state index contributed by atoms with van der Waals surface area (Å²) in [6.45, 7) is 0. The summed E-state index contributed by atoms with van der Waals surface area (Å²) in [4.78, 5) is 16.5. The van der Waals surface area contributed by atoms with Crippen LogP contribution in [0, 0.1) is 0 Å². The third-order valence-electron chi connectivity index (χ3n) is 2.99. The molecule has 0 saturated heterocycles. The van der Waals surface area contributed by atoms with Crippen LogP contribution >= 0.6 is 11.3 Å². The molecular weight excluding hydrogens is 286 g/mol. The molecule has 3 N–H and O–H groups in total. The average Bonchev–Trinajstić information content (AvgIpc) is 2.88. The number of ether oxygens (including phenoxy) is 1. The summed E-state index contributed by atoms with van der Waals surface area (Å²) in [7, 11) is 1.59. The minimum atomic E-state index is -0.204. The van der Waals surface area contributed by atoms with Gasteiger partial charge in [0.2, 0.25) is 0 Å². The standard InChI is InChI=1S/C15H13N3O2S/c1-20-11-5-2-9(3-6-11)14(19)18-15-17-12-7-4-10(16)8-13(12)21-15/h2-8H,16H2,1H3,(H,17,18,19). The van der Waals surface area contributed by atoms with Crippen molar-refractivity contribution in [2.75, 3.05) is 18.2 Å². The number of carbonyl (C=O) groups excluding carboxylic acids is 1. The van der Waals surface area contributed by atoms with Crippen LogP contribution in [0.3, 0.4) is 0 Å². The predicted octanol–water partition coefficient (Wildman–Crippen LogP) is 3.14. The lowest BCUT2D eigenvalue weighted by Crippen LogP contribution is -2.11. The van der Waals surface area contributed by atoms with Gasteiger partial charge in [0, 0.05) is 11.3 Å². The number of amides is 1. The molecule has 3 aromatic rings. The Morgan fingerprint density at radius 3 is 2.71 bits per heavy atom. The molecule has 0 radical (unpaired) electrons. The number of benzene rings is 2. The van der Waals surface area contributed by atoms with Crippen LogP contribution in [0.15, 0.2) is 42.5 Å². The van der Waals surface area contributed by atoms with Crippen LogP contribution in [0.25, 0.3) is 10.2 Å². The van der Waals surface area contributed by atoms with E-state index in [0.29, 0.717) is 22.1 Å². The third-order valence-corrected chi connectivity index (χ3v) is 3.92. The number of rotatable bonds is 3. The maximum absolute atomic E-state index is 12.1. The zero-order valence-electron chi connectivity index (χ0n) is 11.3. The molecule has 106 valence electrons. The van der Waals surface area contributed by atoms with Gasteiger partial charge < -0.3 is 10.5 Å². The van der Waals surface area contributed by atoms with Gasteiger partial charge in [-0.2, -0.15) is 0 Å². The van der Waals surface area contributed by atoms with E-state index in [4.69, 9.17) is 10.5 Å². The highest BCUT2D eigenvalue weighted by Gasteiger charge is 2.10. The molecule has 1 aromatic heterocycles. The average molecular weight is 299 g/mol. The SMILES string of the molecule is COc1ccc(C(=O)Nc2nc3ccc(N)cc3s2)cc1. The molecule has 1 amide bonds. The lowest BCUT2D eigenvalue weighted by Gasteiger charge is -2.03. The smallest absolute Gasteiger partial charge is 0.257 e. The Morgan fingerprint density at radius 2 is 2.00 bits per heavy atom. The monoisotopic (exact) mass is 299 g/mol. The Balaban J connectivity index is 1.81. The molecule has 21 heavy (non-hydrogen) atoms. The molecule has 0 atom stereocenters. The second-order valence-electron chi connectivity index (χ2n) is 4.43. The van der Waals surface area contributed by atoms with E-state index in [1.54, 1.807) is 37.4 Å². The number of nitrogens with one attached hydrogen (secondary N) is 1. The molecular formula is C15H13N3O2S. The number of aromatic nitrogens is 1. The normalized spacial score (nSPS) is 10.5. The number of nitrogens with two attached hydrogens (primary N) is 1. The summed E-state index contributed by atoms with van der Waals surface area (Å²) >= 11 is 1.39. The van der Waals surface area contributed by atoms with Gasteiger partial charge in [-0.3, -0.25) is 10.1 Å². The fourth-order valence-corrected chi connectivity index (χ4v) is 2.82. The van der Waals surface area contributed by atoms with Crippen LogP contribution in [0.4, 0.5) is 10.8 Å². The number of carbonyl (C=O) groups is 1. The van der Waals surface area contributed by atoms with E-state index >= 15 is 0 Å². The number of nitrogen functional groups attached to an aromatic ring is 1. The molecule has 0 fully saturated rings. The van der Waals surface area contributed by atoms with Gasteiger partial charge in [0.25, 0.3) is 5.91 Å². The number of thiazole rings is 1. The minimum Gasteiger partial charge on any atom is -0.497 e. The van der Waals surface area contributed by atoms with Crippen LogP contribution in [0.5, 0.6) is 5.75 Å². The zero-order chi connectivity index (χ0) is 14.8. The molecule has 0 bridgehead atoms. The van der Waals surface area contributed by atoms with Gasteiger partial charge in [-0.1, -0.05) is 11.3 Å². The van der Waals surface area contributed by atoms with Crippen molar-refractivity contribution in [3.05, 3.63) is 48.0 Å². The summed E-state index contributed by atoms with van der Waals surface area (Å²) in [6.07, 6.45) is 0. The van der Waals surface area contributed by atoms with E-state index < -0.39 is 0 Å². The van der Waals surface area contributed by atoms with Gasteiger partial charge in [-0.15, -0.1) is 0 Å². The summed E-state index contributed by atoms with van der Waals surface area (Å²) in [5.41, 5.74) is 7.78. The van der Waals surface area contributed by atoms with E-state index in [9.17, 15) is 4.79 Å². The number of anilines is 2. The van der Waals surface area contributed by atoms with E-state index in [2.05, 4.69) is 10.3 Å². The van der Waals surface area contributed by atoms with Crippen molar-refractivity contribution in [1.82, 2.24) is 4.98 Å². The van der Waals surface area contributed by atoms with E-state index in [1.807, 2.05) is 12.1 Å². The lowest BCUT2D eigenvalue weighted by atomic mass is 10.2. The van der Waals surface area contributed by atoms with Gasteiger partial charge in [0.15, 0.2) is 5.13 Å². The molecule has 2 aromatic carbocycles. The van der Waals surface area contributed by atoms with Crippen molar-refractivity contribution in [2.24, 2.45) is 0 Å². The van der Waals surface area contributed by atoms with Gasteiger partial charge in [-0.05, 0) is 42.5 Å². The molecule has 0 aliphatic carbocycles. The zero-order valence-corrected chi connectivity index (χ0v) is 12.1. The molecule has 0 spiro atoms. The van der Waals surface area contributed by atoms with Crippen molar-refractivity contribution < 1.29 is 9.53 Å². The summed E-state index contributed by atoms with van der Waals surface area (Å²) in [5.74, 6) is 0.506. The fourth-order valence-electron chi connectivity index (χ4n) is 1.91. The van der Waals surface area contributed by atoms with Crippen LogP contribution < -0.4 is 15.8 Å². The Hall–Kier alpha value is -2.60. The molecule has 1 heterocycles. The first-order chi connectivity index (χ1) is 10.2. The second-order valence-corrected chi connectivity index (χ2v) is 5.46. The van der Waals surface area contributed by atoms with E-state index in [0.717, 1.165) is 10.2 Å². The maximum atomic E-state index is 12.1. The minimum absolute atomic E-state index is 0.204. The highest BCUT2D eigenvalue weighted by Crippen LogP contribution is 2.27. The van der Waals surface area contributed by atoms with Crippen LogP contribution in [0.1, 0.15) is 10.4 Å². The molecule has 0 aliphatic rings. The predicted molar refractivity (Wildman–Crippen MR) is 85.0 cm³/mol. The Kier molecular flexibility index (Phi) is 3.45. The Labute approximate surface area is 125 Å². The molecule has 0 saturated carbocycles. The Bertz CT molecular complexity index is 796. The molecule has 6 heteroatoms. The summed E-state index contributed by atoms with van der Waals surface area (Å²) in [5, 5.41) is 3.34. The summed E-state index contributed by atoms with van der Waals surface area (Å²) in [6, 6.07) is 12.4. The number of fused-ring (bicyclic) bond motifs is 1. The van der Waals surface area contributed by atoms with Gasteiger partial charge in [0.1, 0.15) is 5.75 Å². The van der Waals surface area contributed by atoms with Crippen LogP contribution in [-0.4, -0.2) is 18.0 Å². The van der Waals surface area contributed by atoms with Crippen molar-refractivity contribution in [1.29, 1.82) is 0 Å². The quantitative estimate of drug-likeness (QED) is 0.728. The maximum Gasteiger partial charge on any atom is 0.257 e. The van der Waals surface area contributed by atoms with Gasteiger partial charge in [-0.25, -0.2) is 4.98 Å². The van der Waals surface area contributed by atoms with Crippen molar-refractivity contribution in [3.8, 4) is 5.75 Å².